The molecule has 0 spiro atoms. The number of hydrogen-bond donors (Lipinski definition) is 3. The highest BCUT2D eigenvalue weighted by Gasteiger charge is 2.36. The second-order valence-corrected chi connectivity index (χ2v) is 8.20. The molecule has 3 rings (SSSR count). The average Bonchev–Trinajstić information content (AvgIpc) is 3.20. The number of rotatable bonds is 6. The molecule has 1 aromatic carbocycles. The van der Waals surface area contributed by atoms with Gasteiger partial charge in [-0.3, -0.25) is 25.2 Å². The predicted molar refractivity (Wildman–Crippen MR) is 108 cm³/mol. The number of thiazole rings is 1. The third kappa shape index (κ3) is 6.08. The van der Waals surface area contributed by atoms with Crippen molar-refractivity contribution >= 4 is 34.2 Å². The summed E-state index contributed by atoms with van der Waals surface area (Å²) in [5.74, 6) is -1.49. The van der Waals surface area contributed by atoms with E-state index in [9.17, 15) is 18.8 Å². The minimum atomic E-state index is -0.530. The van der Waals surface area contributed by atoms with Crippen molar-refractivity contribution in [3.05, 3.63) is 47.2 Å². The molecule has 0 saturated heterocycles. The van der Waals surface area contributed by atoms with Gasteiger partial charge < -0.3 is 5.32 Å². The van der Waals surface area contributed by atoms with Crippen molar-refractivity contribution in [2.75, 3.05) is 5.32 Å². The van der Waals surface area contributed by atoms with E-state index in [1.807, 2.05) is 0 Å². The maximum Gasteiger partial charge on any atom is 0.269 e. The summed E-state index contributed by atoms with van der Waals surface area (Å²) in [4.78, 5) is 41.1. The van der Waals surface area contributed by atoms with Crippen LogP contribution in [-0.2, 0) is 9.59 Å². The molecule has 7 nitrogen and oxygen atoms in total. The van der Waals surface area contributed by atoms with Crippen LogP contribution in [0.4, 0.5) is 9.52 Å². The minimum Gasteiger partial charge on any atom is -0.302 e. The summed E-state index contributed by atoms with van der Waals surface area (Å²) in [5, 5.41) is 5.10. The topological polar surface area (TPSA) is 100 Å². The van der Waals surface area contributed by atoms with Gasteiger partial charge in [0.05, 0.1) is 0 Å². The van der Waals surface area contributed by atoms with Crippen LogP contribution in [-0.4, -0.2) is 22.7 Å². The average molecular weight is 418 g/mol. The number of nitrogens with one attached hydrogen (secondary N) is 3. The second kappa shape index (κ2) is 9.60. The molecule has 3 amide bonds. The van der Waals surface area contributed by atoms with E-state index in [-0.39, 0.29) is 30.2 Å². The van der Waals surface area contributed by atoms with Crippen molar-refractivity contribution in [1.82, 2.24) is 15.8 Å². The van der Waals surface area contributed by atoms with Crippen molar-refractivity contribution in [2.24, 2.45) is 5.41 Å². The smallest absolute Gasteiger partial charge is 0.269 e. The summed E-state index contributed by atoms with van der Waals surface area (Å²) >= 11 is 1.34. The maximum absolute atomic E-state index is 13.0. The van der Waals surface area contributed by atoms with Crippen LogP contribution in [0, 0.1) is 11.2 Å². The first-order valence-electron chi connectivity index (χ1n) is 9.50. The fraction of sp³-hybridized carbons (Fsp3) is 0.400. The number of benzene rings is 1. The lowest BCUT2D eigenvalue weighted by molar-refractivity contribution is -0.126. The molecule has 1 aliphatic carbocycles. The molecule has 0 unspecified atom stereocenters. The van der Waals surface area contributed by atoms with Crippen molar-refractivity contribution < 1.29 is 18.8 Å². The van der Waals surface area contributed by atoms with Gasteiger partial charge in [-0.15, -0.1) is 11.3 Å². The van der Waals surface area contributed by atoms with E-state index in [1.165, 1.54) is 35.6 Å². The molecule has 0 atom stereocenters. The lowest BCUT2D eigenvalue weighted by Gasteiger charge is -2.36. The quantitative estimate of drug-likeness (QED) is 0.626. The molecule has 9 heteroatoms. The molecule has 1 fully saturated rings. The van der Waals surface area contributed by atoms with Crippen molar-refractivity contribution in [3.8, 4) is 0 Å². The summed E-state index contributed by atoms with van der Waals surface area (Å²) in [6, 6.07) is 5.02. The molecule has 1 saturated carbocycles. The standard InChI is InChI=1S/C20H23FN4O3S/c21-15-6-4-14(5-7-15)18(28)25-24-17(27)13-20(8-2-1-3-9-20)12-16(26)23-19-22-10-11-29-19/h4-7,10-11H,1-3,8-9,12-13H2,(H,24,27)(H,25,28)(H,22,23,26). The highest BCUT2D eigenvalue weighted by atomic mass is 32.1. The van der Waals surface area contributed by atoms with Crippen molar-refractivity contribution in [3.63, 3.8) is 0 Å². The largest absolute Gasteiger partial charge is 0.302 e. The Kier molecular flexibility index (Phi) is 6.92. The van der Waals surface area contributed by atoms with Gasteiger partial charge in [0.25, 0.3) is 5.91 Å². The van der Waals surface area contributed by atoms with Crippen LogP contribution >= 0.6 is 11.3 Å². The van der Waals surface area contributed by atoms with Gasteiger partial charge in [-0.05, 0) is 42.5 Å². The van der Waals surface area contributed by atoms with Crippen LogP contribution in [0.5, 0.6) is 0 Å². The van der Waals surface area contributed by atoms with E-state index in [2.05, 4.69) is 21.2 Å². The van der Waals surface area contributed by atoms with Gasteiger partial charge in [0.2, 0.25) is 11.8 Å². The predicted octanol–water partition coefficient (Wildman–Crippen LogP) is 3.41. The van der Waals surface area contributed by atoms with Gasteiger partial charge in [0, 0.05) is 30.0 Å². The van der Waals surface area contributed by atoms with Gasteiger partial charge >= 0.3 is 0 Å². The number of halogens is 1. The zero-order valence-corrected chi connectivity index (χ0v) is 16.7. The Balaban J connectivity index is 1.55. The number of amides is 3. The molecule has 1 aliphatic rings. The lowest BCUT2D eigenvalue weighted by atomic mass is 9.69. The summed E-state index contributed by atoms with van der Waals surface area (Å²) in [6.07, 6.45) is 6.54. The Morgan fingerprint density at radius 1 is 1.00 bits per heavy atom. The van der Waals surface area contributed by atoms with Gasteiger partial charge in [-0.1, -0.05) is 19.3 Å². The van der Waals surface area contributed by atoms with Gasteiger partial charge in [0.15, 0.2) is 5.13 Å². The van der Waals surface area contributed by atoms with Gasteiger partial charge in [-0.2, -0.15) is 0 Å². The van der Waals surface area contributed by atoms with Crippen LogP contribution in [0.15, 0.2) is 35.8 Å². The number of carbonyl (C=O) groups excluding carboxylic acids is 3. The summed E-state index contributed by atoms with van der Waals surface area (Å²) < 4.78 is 13.0. The molecule has 0 radical (unpaired) electrons. The van der Waals surface area contributed by atoms with Crippen molar-refractivity contribution in [1.29, 1.82) is 0 Å². The Hall–Kier alpha value is -2.81. The normalized spacial score (nSPS) is 15.3. The summed E-state index contributed by atoms with van der Waals surface area (Å²) in [7, 11) is 0. The third-order valence-electron chi connectivity index (χ3n) is 5.09. The SMILES string of the molecule is O=C(CC1(CC(=O)Nc2nccs2)CCCCC1)NNC(=O)c1ccc(F)cc1. The lowest BCUT2D eigenvalue weighted by Crippen LogP contribution is -2.44. The highest BCUT2D eigenvalue weighted by Crippen LogP contribution is 2.42. The molecule has 1 aromatic heterocycles. The Morgan fingerprint density at radius 2 is 1.69 bits per heavy atom. The fourth-order valence-corrected chi connectivity index (χ4v) is 4.24. The third-order valence-corrected chi connectivity index (χ3v) is 5.77. The highest BCUT2D eigenvalue weighted by molar-refractivity contribution is 7.13. The minimum absolute atomic E-state index is 0.141. The zero-order chi connectivity index (χ0) is 20.7. The molecular formula is C20H23FN4O3S. The fourth-order valence-electron chi connectivity index (χ4n) is 3.69. The van der Waals surface area contributed by atoms with E-state index in [0.29, 0.717) is 5.13 Å². The molecule has 154 valence electrons. The molecule has 3 N–H and O–H groups in total. The molecule has 29 heavy (non-hydrogen) atoms. The van der Waals surface area contributed by atoms with E-state index in [0.717, 1.165) is 32.1 Å². The molecule has 0 bridgehead atoms. The van der Waals surface area contributed by atoms with Gasteiger partial charge in [0.1, 0.15) is 5.82 Å². The van der Waals surface area contributed by atoms with Crippen LogP contribution in [0.1, 0.15) is 55.3 Å². The Labute approximate surface area is 172 Å². The van der Waals surface area contributed by atoms with Crippen molar-refractivity contribution in [2.45, 2.75) is 44.9 Å². The van der Waals surface area contributed by atoms with E-state index >= 15 is 0 Å². The molecular weight excluding hydrogens is 395 g/mol. The summed E-state index contributed by atoms with van der Waals surface area (Å²) in [5.41, 5.74) is 4.55. The second-order valence-electron chi connectivity index (χ2n) is 7.31. The van der Waals surface area contributed by atoms with Gasteiger partial charge in [-0.25, -0.2) is 9.37 Å². The maximum atomic E-state index is 13.0. The molecule has 1 heterocycles. The number of anilines is 1. The number of hydrazine groups is 1. The number of nitrogens with zero attached hydrogens (tertiary/aromatic N) is 1. The monoisotopic (exact) mass is 418 g/mol. The van der Waals surface area contributed by atoms with Crippen LogP contribution in [0.2, 0.25) is 0 Å². The first-order chi connectivity index (χ1) is 14.0. The molecule has 2 aromatic rings. The Bertz CT molecular complexity index is 849. The zero-order valence-electron chi connectivity index (χ0n) is 15.9. The van der Waals surface area contributed by atoms with Crippen LogP contribution < -0.4 is 16.2 Å². The van der Waals surface area contributed by atoms with E-state index in [4.69, 9.17) is 0 Å². The number of hydrogen-bond acceptors (Lipinski definition) is 5. The van der Waals surface area contributed by atoms with Crippen LogP contribution in [0.3, 0.4) is 0 Å². The van der Waals surface area contributed by atoms with E-state index in [1.54, 1.807) is 11.6 Å². The first-order valence-corrected chi connectivity index (χ1v) is 10.4. The summed E-state index contributed by atoms with van der Waals surface area (Å²) in [6.45, 7) is 0. The molecule has 0 aliphatic heterocycles. The first kappa shape index (κ1) is 20.9. The number of carbonyl (C=O) groups is 3. The van der Waals surface area contributed by atoms with E-state index < -0.39 is 17.1 Å². The van der Waals surface area contributed by atoms with Crippen LogP contribution in [0.25, 0.3) is 0 Å². The Morgan fingerprint density at radius 3 is 2.34 bits per heavy atom. The number of aromatic nitrogens is 1.